The van der Waals surface area contributed by atoms with E-state index in [1.165, 1.54) is 22.4 Å². The maximum atomic E-state index is 10.8. The number of phenols is 1. The van der Waals surface area contributed by atoms with Crippen molar-refractivity contribution < 1.29 is 5.11 Å². The molecule has 0 amide bonds. The van der Waals surface area contributed by atoms with E-state index in [1.54, 1.807) is 11.8 Å². The summed E-state index contributed by atoms with van der Waals surface area (Å²) in [5, 5.41) is 14.3. The van der Waals surface area contributed by atoms with Crippen LogP contribution in [0.15, 0.2) is 71.6 Å². The van der Waals surface area contributed by atoms with E-state index in [0.717, 1.165) is 35.6 Å². The van der Waals surface area contributed by atoms with E-state index < -0.39 is 0 Å². The Kier molecular flexibility index (Phi) is 8.31. The molecule has 32 heavy (non-hydrogen) atoms. The number of thioether (sulfide) groups is 1. The molecule has 0 heterocycles. The fraction of sp³-hybridized carbons (Fsp3) is 0.379. The number of phenolic OH excluding ortho intramolecular Hbond substituents is 1. The lowest BCUT2D eigenvalue weighted by Gasteiger charge is -2.23. The molecule has 1 unspecified atom stereocenters. The van der Waals surface area contributed by atoms with Crippen molar-refractivity contribution in [3.8, 4) is 5.75 Å². The second kappa shape index (κ2) is 11.0. The quantitative estimate of drug-likeness (QED) is 0.328. The maximum absolute atomic E-state index is 10.8. The summed E-state index contributed by atoms with van der Waals surface area (Å²) in [5.74, 6) is 2.01. The third-order valence-electron chi connectivity index (χ3n) is 5.72. The normalized spacial score (nSPS) is 12.5. The second-order valence-corrected chi connectivity index (χ2v) is 11.0. The van der Waals surface area contributed by atoms with Crippen LogP contribution >= 0.6 is 11.8 Å². The lowest BCUT2D eigenvalue weighted by molar-refractivity contribution is 0.434. The molecule has 0 radical (unpaired) electrons. The Hall–Kier alpha value is -2.39. The highest BCUT2D eigenvalue weighted by atomic mass is 32.2. The number of rotatable bonds is 9. The minimum atomic E-state index is -0.0579. The van der Waals surface area contributed by atoms with Crippen LogP contribution in [0.1, 0.15) is 56.4 Å². The summed E-state index contributed by atoms with van der Waals surface area (Å²) in [6.45, 7) is 11.8. The van der Waals surface area contributed by atoms with Crippen LogP contribution in [0, 0.1) is 12.8 Å². The number of aryl methyl sites for hydroxylation is 1. The Morgan fingerprint density at radius 2 is 1.59 bits per heavy atom. The lowest BCUT2D eigenvalue weighted by Crippen LogP contribution is -2.12. The number of hydrogen-bond acceptors (Lipinski definition) is 3. The molecule has 0 aromatic heterocycles. The van der Waals surface area contributed by atoms with E-state index in [9.17, 15) is 5.11 Å². The summed E-state index contributed by atoms with van der Waals surface area (Å²) in [5.41, 5.74) is 6.03. The predicted molar refractivity (Wildman–Crippen MR) is 140 cm³/mol. The van der Waals surface area contributed by atoms with Crippen molar-refractivity contribution in [3.05, 3.63) is 89.0 Å². The number of aromatic hydroxyl groups is 1. The van der Waals surface area contributed by atoms with Crippen molar-refractivity contribution in [1.29, 1.82) is 0 Å². The van der Waals surface area contributed by atoms with Crippen molar-refractivity contribution >= 4 is 17.4 Å². The zero-order valence-corrected chi connectivity index (χ0v) is 20.9. The van der Waals surface area contributed by atoms with Crippen molar-refractivity contribution in [2.24, 2.45) is 5.92 Å². The molecule has 2 nitrogen and oxygen atoms in total. The van der Waals surface area contributed by atoms with Gasteiger partial charge in [0, 0.05) is 28.4 Å². The first kappa shape index (κ1) is 24.3. The van der Waals surface area contributed by atoms with Crippen LogP contribution in [0.5, 0.6) is 5.75 Å². The van der Waals surface area contributed by atoms with Gasteiger partial charge in [0.2, 0.25) is 0 Å². The first-order chi connectivity index (χ1) is 15.2. The molecule has 3 aromatic rings. The average Bonchev–Trinajstić information content (AvgIpc) is 2.75. The van der Waals surface area contributed by atoms with E-state index in [2.05, 4.69) is 107 Å². The second-order valence-electron chi connectivity index (χ2n) is 9.90. The van der Waals surface area contributed by atoms with Crippen LogP contribution in [-0.4, -0.2) is 17.4 Å². The van der Waals surface area contributed by atoms with Crippen LogP contribution in [0.2, 0.25) is 0 Å². The first-order valence-electron chi connectivity index (χ1n) is 11.6. The van der Waals surface area contributed by atoms with Gasteiger partial charge in [-0.2, -0.15) is 0 Å². The molecule has 0 spiro atoms. The summed E-state index contributed by atoms with van der Waals surface area (Å²) in [6, 6.07) is 23.6. The minimum Gasteiger partial charge on any atom is -0.506 e. The van der Waals surface area contributed by atoms with E-state index in [0.29, 0.717) is 11.7 Å². The van der Waals surface area contributed by atoms with E-state index >= 15 is 0 Å². The lowest BCUT2D eigenvalue weighted by atomic mass is 9.85. The Labute approximate surface area is 198 Å². The van der Waals surface area contributed by atoms with Crippen LogP contribution in [0.3, 0.4) is 0 Å². The van der Waals surface area contributed by atoms with Gasteiger partial charge in [0.05, 0.1) is 0 Å². The molecule has 3 heteroatoms. The third-order valence-corrected chi connectivity index (χ3v) is 7.08. The number of nitrogens with one attached hydrogen (secondary N) is 1. The zero-order valence-electron chi connectivity index (χ0n) is 20.1. The summed E-state index contributed by atoms with van der Waals surface area (Å²) in [4.78, 5) is 1.00. The Bertz CT molecular complexity index is 990. The van der Waals surface area contributed by atoms with Gasteiger partial charge in [-0.3, -0.25) is 0 Å². The standard InChI is InChI=1S/C29H37NOS/c1-21(20-32-27-18-22(2)17-26(28(27)31)29(3,4)5)15-16-30-25-13-11-24(12-14-25)19-23-9-7-6-8-10-23/h6-14,17-18,21,30-31H,15-16,19-20H2,1-5H3. The van der Waals surface area contributed by atoms with Crippen LogP contribution in [-0.2, 0) is 11.8 Å². The van der Waals surface area contributed by atoms with Crippen molar-refractivity contribution in [1.82, 2.24) is 0 Å². The van der Waals surface area contributed by atoms with Crippen molar-refractivity contribution in [2.45, 2.75) is 57.8 Å². The van der Waals surface area contributed by atoms with Gasteiger partial charge in [-0.05, 0) is 66.0 Å². The Balaban J connectivity index is 1.46. The molecule has 0 saturated carbocycles. The molecule has 0 aliphatic rings. The molecule has 1 atom stereocenters. The van der Waals surface area contributed by atoms with Crippen LogP contribution in [0.25, 0.3) is 0 Å². The monoisotopic (exact) mass is 447 g/mol. The van der Waals surface area contributed by atoms with Gasteiger partial charge < -0.3 is 10.4 Å². The number of hydrogen-bond donors (Lipinski definition) is 2. The van der Waals surface area contributed by atoms with Gasteiger partial charge in [0.25, 0.3) is 0 Å². The Morgan fingerprint density at radius 3 is 2.25 bits per heavy atom. The Morgan fingerprint density at radius 1 is 0.938 bits per heavy atom. The molecule has 0 bridgehead atoms. The van der Waals surface area contributed by atoms with Gasteiger partial charge in [-0.15, -0.1) is 11.8 Å². The smallest absolute Gasteiger partial charge is 0.132 e. The molecular weight excluding hydrogens is 410 g/mol. The molecule has 0 aliphatic heterocycles. The summed E-state index contributed by atoms with van der Waals surface area (Å²) in [6.07, 6.45) is 2.07. The first-order valence-corrected chi connectivity index (χ1v) is 12.5. The fourth-order valence-corrected chi connectivity index (χ4v) is 4.92. The maximum Gasteiger partial charge on any atom is 0.132 e. The van der Waals surface area contributed by atoms with E-state index in [1.807, 2.05) is 0 Å². The molecule has 2 N–H and O–H groups in total. The minimum absolute atomic E-state index is 0.0579. The topological polar surface area (TPSA) is 32.3 Å². The summed E-state index contributed by atoms with van der Waals surface area (Å²) >= 11 is 1.77. The largest absolute Gasteiger partial charge is 0.506 e. The van der Waals surface area contributed by atoms with Crippen LogP contribution in [0.4, 0.5) is 5.69 Å². The predicted octanol–water partition coefficient (Wildman–Crippen LogP) is 7.82. The van der Waals surface area contributed by atoms with Gasteiger partial charge in [-0.25, -0.2) is 0 Å². The fourth-order valence-electron chi connectivity index (χ4n) is 3.78. The van der Waals surface area contributed by atoms with Crippen molar-refractivity contribution in [3.63, 3.8) is 0 Å². The average molecular weight is 448 g/mol. The number of anilines is 1. The van der Waals surface area contributed by atoms with Gasteiger partial charge in [0.15, 0.2) is 0 Å². The van der Waals surface area contributed by atoms with E-state index in [4.69, 9.17) is 0 Å². The zero-order chi connectivity index (χ0) is 23.1. The molecule has 0 fully saturated rings. The molecule has 3 aromatic carbocycles. The number of benzene rings is 3. The van der Waals surface area contributed by atoms with Gasteiger partial charge >= 0.3 is 0 Å². The highest BCUT2D eigenvalue weighted by molar-refractivity contribution is 7.99. The van der Waals surface area contributed by atoms with Gasteiger partial charge in [0.1, 0.15) is 5.75 Å². The van der Waals surface area contributed by atoms with E-state index in [-0.39, 0.29) is 5.41 Å². The highest BCUT2D eigenvalue weighted by Crippen LogP contribution is 2.39. The molecular formula is C29H37NOS. The van der Waals surface area contributed by atoms with Gasteiger partial charge in [-0.1, -0.05) is 76.2 Å². The summed E-state index contributed by atoms with van der Waals surface area (Å²) < 4.78 is 0. The summed E-state index contributed by atoms with van der Waals surface area (Å²) in [7, 11) is 0. The third kappa shape index (κ3) is 7.06. The molecule has 170 valence electrons. The molecule has 3 rings (SSSR count). The molecule has 0 saturated heterocycles. The van der Waals surface area contributed by atoms with Crippen molar-refractivity contribution in [2.75, 3.05) is 17.6 Å². The highest BCUT2D eigenvalue weighted by Gasteiger charge is 2.21. The van der Waals surface area contributed by atoms with Crippen LogP contribution < -0.4 is 5.32 Å². The molecule has 0 aliphatic carbocycles. The SMILES string of the molecule is Cc1cc(SCC(C)CCNc2ccc(Cc3ccccc3)cc2)c(O)c(C(C)(C)C)c1.